The molecule has 1 aliphatic carbocycles. The lowest BCUT2D eigenvalue weighted by Gasteiger charge is -2.35. The van der Waals surface area contributed by atoms with Gasteiger partial charge in [0, 0.05) is 37.6 Å². The van der Waals surface area contributed by atoms with Crippen molar-refractivity contribution in [3.8, 4) is 0 Å². The summed E-state index contributed by atoms with van der Waals surface area (Å²) >= 11 is 0. The molecule has 2 heterocycles. The molecule has 1 fully saturated rings. The van der Waals surface area contributed by atoms with Crippen LogP contribution in [0.4, 0.5) is 5.95 Å². The fourth-order valence-corrected chi connectivity index (χ4v) is 3.40. The summed E-state index contributed by atoms with van der Waals surface area (Å²) in [7, 11) is 0. The van der Waals surface area contributed by atoms with Crippen LogP contribution in [0.15, 0.2) is 0 Å². The highest BCUT2D eigenvalue weighted by Crippen LogP contribution is 2.25. The van der Waals surface area contributed by atoms with Gasteiger partial charge < -0.3 is 10.6 Å². The molecule has 0 saturated carbocycles. The molecule has 5 heteroatoms. The largest absolute Gasteiger partial charge is 0.338 e. The van der Waals surface area contributed by atoms with Crippen LogP contribution in [0.25, 0.3) is 0 Å². The van der Waals surface area contributed by atoms with Gasteiger partial charge in [-0.3, -0.25) is 4.90 Å². The van der Waals surface area contributed by atoms with E-state index in [-0.39, 0.29) is 0 Å². The highest BCUT2D eigenvalue weighted by atomic mass is 15.3. The number of piperazine rings is 1. The van der Waals surface area contributed by atoms with E-state index >= 15 is 0 Å². The van der Waals surface area contributed by atoms with Gasteiger partial charge in [-0.05, 0) is 57.7 Å². The summed E-state index contributed by atoms with van der Waals surface area (Å²) in [6.45, 7) is 8.44. The number of aryl methyl sites for hydroxylation is 2. The minimum Gasteiger partial charge on any atom is -0.338 e. The first kappa shape index (κ1) is 14.7. The lowest BCUT2D eigenvalue weighted by molar-refractivity contribution is 0.252. The van der Waals surface area contributed by atoms with Crippen LogP contribution in [0.1, 0.15) is 36.2 Å². The topological polar surface area (TPSA) is 58.3 Å². The van der Waals surface area contributed by atoms with Crippen molar-refractivity contribution in [1.29, 1.82) is 0 Å². The maximum Gasteiger partial charge on any atom is 0.225 e. The molecule has 0 amide bonds. The van der Waals surface area contributed by atoms with Gasteiger partial charge in [0.05, 0.1) is 0 Å². The van der Waals surface area contributed by atoms with Gasteiger partial charge in [-0.2, -0.15) is 0 Å². The molecule has 1 aliphatic heterocycles. The zero-order valence-corrected chi connectivity index (χ0v) is 13.1. The van der Waals surface area contributed by atoms with E-state index in [0.717, 1.165) is 57.9 Å². The Morgan fingerprint density at radius 1 is 1.05 bits per heavy atom. The first-order valence-electron chi connectivity index (χ1n) is 8.31. The third-order valence-electron chi connectivity index (χ3n) is 4.71. The van der Waals surface area contributed by atoms with Gasteiger partial charge in [0.2, 0.25) is 5.95 Å². The van der Waals surface area contributed by atoms with E-state index in [4.69, 9.17) is 15.7 Å². The zero-order chi connectivity index (χ0) is 14.7. The number of anilines is 1. The van der Waals surface area contributed by atoms with Crippen molar-refractivity contribution < 1.29 is 0 Å². The average molecular weight is 289 g/mol. The maximum absolute atomic E-state index is 5.56. The number of hydrogen-bond donors (Lipinski definition) is 1. The van der Waals surface area contributed by atoms with Gasteiger partial charge in [0.15, 0.2) is 0 Å². The van der Waals surface area contributed by atoms with Gasteiger partial charge in [-0.25, -0.2) is 9.97 Å². The Hall–Kier alpha value is -1.20. The van der Waals surface area contributed by atoms with Crippen molar-refractivity contribution in [2.75, 3.05) is 44.2 Å². The Kier molecular flexibility index (Phi) is 4.70. The monoisotopic (exact) mass is 289 g/mol. The van der Waals surface area contributed by atoms with Gasteiger partial charge >= 0.3 is 0 Å². The second-order valence-electron chi connectivity index (χ2n) is 6.21. The fourth-order valence-electron chi connectivity index (χ4n) is 3.40. The van der Waals surface area contributed by atoms with Crippen LogP contribution in [0.3, 0.4) is 0 Å². The number of aromatic nitrogens is 2. The quantitative estimate of drug-likeness (QED) is 0.824. The van der Waals surface area contributed by atoms with Gasteiger partial charge in [-0.15, -0.1) is 0 Å². The highest BCUT2D eigenvalue weighted by molar-refractivity contribution is 5.39. The summed E-state index contributed by atoms with van der Waals surface area (Å²) in [6.07, 6.45) is 5.88. The van der Waals surface area contributed by atoms with E-state index in [0.29, 0.717) is 0 Å². The number of rotatable bonds is 5. The van der Waals surface area contributed by atoms with Crippen LogP contribution in [0, 0.1) is 6.92 Å². The summed E-state index contributed by atoms with van der Waals surface area (Å²) in [5.74, 6) is 0.953. The third-order valence-corrected chi connectivity index (χ3v) is 4.71. The standard InChI is InChI=1S/C16H27N5/c1-13-14-5-4-6-15(14)19-16(18-13)21-11-9-20(10-12-21)8-3-2-7-17/h2-12,17H2,1H3. The van der Waals surface area contributed by atoms with Crippen molar-refractivity contribution in [1.82, 2.24) is 14.9 Å². The van der Waals surface area contributed by atoms with Crippen molar-refractivity contribution in [2.24, 2.45) is 5.73 Å². The predicted octanol–water partition coefficient (Wildman–Crippen LogP) is 1.13. The van der Waals surface area contributed by atoms with E-state index in [1.807, 2.05) is 0 Å². The zero-order valence-electron chi connectivity index (χ0n) is 13.1. The second-order valence-corrected chi connectivity index (χ2v) is 6.21. The molecular formula is C16H27N5. The van der Waals surface area contributed by atoms with Crippen molar-refractivity contribution in [2.45, 2.75) is 39.0 Å². The van der Waals surface area contributed by atoms with Crippen LogP contribution in [-0.2, 0) is 12.8 Å². The van der Waals surface area contributed by atoms with Crippen molar-refractivity contribution in [3.63, 3.8) is 0 Å². The number of nitrogens with two attached hydrogens (primary N) is 1. The van der Waals surface area contributed by atoms with Crippen molar-refractivity contribution >= 4 is 5.95 Å². The maximum atomic E-state index is 5.56. The summed E-state index contributed by atoms with van der Waals surface area (Å²) < 4.78 is 0. The minimum atomic E-state index is 0.808. The molecule has 1 saturated heterocycles. The van der Waals surface area contributed by atoms with Gasteiger partial charge in [0.25, 0.3) is 0 Å². The molecule has 116 valence electrons. The molecule has 1 aromatic heterocycles. The minimum absolute atomic E-state index is 0.808. The average Bonchev–Trinajstić information content (AvgIpc) is 2.97. The summed E-state index contributed by atoms with van der Waals surface area (Å²) in [5, 5.41) is 0. The molecule has 0 radical (unpaired) electrons. The predicted molar refractivity (Wildman–Crippen MR) is 85.7 cm³/mol. The Balaban J connectivity index is 1.58. The molecule has 0 bridgehead atoms. The number of nitrogens with zero attached hydrogens (tertiary/aromatic N) is 4. The summed E-state index contributed by atoms with van der Waals surface area (Å²) in [4.78, 5) is 14.5. The van der Waals surface area contributed by atoms with E-state index in [1.54, 1.807) is 0 Å². The Labute approximate surface area is 127 Å². The van der Waals surface area contributed by atoms with E-state index in [9.17, 15) is 0 Å². The summed E-state index contributed by atoms with van der Waals surface area (Å²) in [5.41, 5.74) is 9.45. The van der Waals surface area contributed by atoms with Crippen LogP contribution in [-0.4, -0.2) is 54.1 Å². The molecule has 2 aliphatic rings. The molecule has 3 rings (SSSR count). The SMILES string of the molecule is Cc1nc(N2CCN(CCCCN)CC2)nc2c1CCC2. The number of fused-ring (bicyclic) bond motifs is 1. The Morgan fingerprint density at radius 2 is 1.86 bits per heavy atom. The summed E-state index contributed by atoms with van der Waals surface area (Å²) in [6, 6.07) is 0. The normalized spacial score (nSPS) is 19.0. The first-order valence-corrected chi connectivity index (χ1v) is 8.31. The molecule has 0 aromatic carbocycles. The molecule has 1 aromatic rings. The van der Waals surface area contributed by atoms with E-state index in [2.05, 4.69) is 16.7 Å². The Bertz CT molecular complexity index is 480. The van der Waals surface area contributed by atoms with Crippen LogP contribution >= 0.6 is 0 Å². The fraction of sp³-hybridized carbons (Fsp3) is 0.750. The van der Waals surface area contributed by atoms with Crippen molar-refractivity contribution in [3.05, 3.63) is 17.0 Å². The third kappa shape index (κ3) is 3.35. The highest BCUT2D eigenvalue weighted by Gasteiger charge is 2.22. The molecular weight excluding hydrogens is 262 g/mol. The molecule has 5 nitrogen and oxygen atoms in total. The molecule has 2 N–H and O–H groups in total. The molecule has 0 unspecified atom stereocenters. The second kappa shape index (κ2) is 6.71. The number of hydrogen-bond acceptors (Lipinski definition) is 5. The lowest BCUT2D eigenvalue weighted by atomic mass is 10.2. The van der Waals surface area contributed by atoms with Crippen LogP contribution in [0.5, 0.6) is 0 Å². The smallest absolute Gasteiger partial charge is 0.225 e. The van der Waals surface area contributed by atoms with E-state index < -0.39 is 0 Å². The lowest BCUT2D eigenvalue weighted by Crippen LogP contribution is -2.47. The first-order chi connectivity index (χ1) is 10.3. The van der Waals surface area contributed by atoms with Gasteiger partial charge in [0.1, 0.15) is 0 Å². The molecule has 21 heavy (non-hydrogen) atoms. The van der Waals surface area contributed by atoms with Crippen LogP contribution in [0.2, 0.25) is 0 Å². The molecule has 0 atom stereocenters. The van der Waals surface area contributed by atoms with E-state index in [1.165, 1.54) is 36.3 Å². The van der Waals surface area contributed by atoms with Gasteiger partial charge in [-0.1, -0.05) is 0 Å². The number of unbranched alkanes of at least 4 members (excludes halogenated alkanes) is 1. The molecule has 0 spiro atoms. The van der Waals surface area contributed by atoms with Crippen LogP contribution < -0.4 is 10.6 Å². The Morgan fingerprint density at radius 3 is 2.62 bits per heavy atom.